The predicted molar refractivity (Wildman–Crippen MR) is 80.2 cm³/mol. The van der Waals surface area contributed by atoms with Gasteiger partial charge in [-0.05, 0) is 42.3 Å². The summed E-state index contributed by atoms with van der Waals surface area (Å²) in [6, 6.07) is 15.2. The summed E-state index contributed by atoms with van der Waals surface area (Å²) in [6.45, 7) is 2.40. The SMILES string of the molecule is Cc1ccc(NCc2ccnc3ccccc23)cc1F. The molecule has 0 amide bonds. The van der Waals surface area contributed by atoms with Crippen molar-refractivity contribution >= 4 is 16.6 Å². The van der Waals surface area contributed by atoms with Gasteiger partial charge in [0, 0.05) is 23.8 Å². The highest BCUT2D eigenvalue weighted by atomic mass is 19.1. The van der Waals surface area contributed by atoms with E-state index in [1.807, 2.05) is 30.3 Å². The van der Waals surface area contributed by atoms with E-state index in [9.17, 15) is 4.39 Å². The number of nitrogens with zero attached hydrogens (tertiary/aromatic N) is 1. The molecule has 0 aliphatic rings. The third-order valence-corrected chi connectivity index (χ3v) is 3.39. The van der Waals surface area contributed by atoms with Crippen LogP contribution in [0.5, 0.6) is 0 Å². The fraction of sp³-hybridized carbons (Fsp3) is 0.118. The zero-order chi connectivity index (χ0) is 13.9. The van der Waals surface area contributed by atoms with Crippen molar-refractivity contribution in [2.24, 2.45) is 0 Å². The number of aromatic nitrogens is 1. The monoisotopic (exact) mass is 266 g/mol. The average Bonchev–Trinajstić information content (AvgIpc) is 2.48. The molecule has 1 aromatic heterocycles. The number of rotatable bonds is 3. The van der Waals surface area contributed by atoms with Crippen molar-refractivity contribution in [2.45, 2.75) is 13.5 Å². The number of pyridine rings is 1. The molecule has 0 unspecified atom stereocenters. The normalized spacial score (nSPS) is 10.7. The molecule has 0 aliphatic carbocycles. The molecule has 3 rings (SSSR count). The Morgan fingerprint density at radius 1 is 1.10 bits per heavy atom. The summed E-state index contributed by atoms with van der Waals surface area (Å²) in [5.74, 6) is -0.186. The molecule has 2 nitrogen and oxygen atoms in total. The van der Waals surface area contributed by atoms with E-state index in [0.29, 0.717) is 12.1 Å². The zero-order valence-electron chi connectivity index (χ0n) is 11.2. The lowest BCUT2D eigenvalue weighted by Gasteiger charge is -2.09. The van der Waals surface area contributed by atoms with E-state index in [1.165, 1.54) is 6.07 Å². The van der Waals surface area contributed by atoms with Gasteiger partial charge in [0.1, 0.15) is 5.82 Å². The van der Waals surface area contributed by atoms with Gasteiger partial charge in [0.05, 0.1) is 5.52 Å². The molecule has 0 fully saturated rings. The van der Waals surface area contributed by atoms with Crippen molar-refractivity contribution < 1.29 is 4.39 Å². The Morgan fingerprint density at radius 2 is 1.95 bits per heavy atom. The van der Waals surface area contributed by atoms with Crippen LogP contribution in [0.2, 0.25) is 0 Å². The number of fused-ring (bicyclic) bond motifs is 1. The molecule has 0 spiro atoms. The first-order valence-corrected chi connectivity index (χ1v) is 6.57. The van der Waals surface area contributed by atoms with Crippen molar-refractivity contribution in [1.82, 2.24) is 4.98 Å². The van der Waals surface area contributed by atoms with Crippen molar-refractivity contribution in [2.75, 3.05) is 5.32 Å². The van der Waals surface area contributed by atoms with Gasteiger partial charge in [-0.25, -0.2) is 4.39 Å². The molecule has 100 valence electrons. The molecule has 20 heavy (non-hydrogen) atoms. The molecule has 0 aliphatic heterocycles. The minimum Gasteiger partial charge on any atom is -0.381 e. The molecule has 0 saturated heterocycles. The van der Waals surface area contributed by atoms with Crippen molar-refractivity contribution in [3.8, 4) is 0 Å². The fourth-order valence-electron chi connectivity index (χ4n) is 2.21. The number of nitrogens with one attached hydrogen (secondary N) is 1. The van der Waals surface area contributed by atoms with Gasteiger partial charge in [-0.3, -0.25) is 4.98 Å². The van der Waals surface area contributed by atoms with Crippen molar-refractivity contribution in [3.63, 3.8) is 0 Å². The van der Waals surface area contributed by atoms with Gasteiger partial charge in [0.15, 0.2) is 0 Å². The van der Waals surface area contributed by atoms with Gasteiger partial charge >= 0.3 is 0 Å². The van der Waals surface area contributed by atoms with Crippen LogP contribution in [-0.4, -0.2) is 4.98 Å². The molecule has 2 aromatic carbocycles. The number of aryl methyl sites for hydroxylation is 1. The molecule has 0 atom stereocenters. The Morgan fingerprint density at radius 3 is 2.80 bits per heavy atom. The number of hydrogen-bond donors (Lipinski definition) is 1. The Kier molecular flexibility index (Phi) is 3.33. The first kappa shape index (κ1) is 12.6. The Hall–Kier alpha value is -2.42. The van der Waals surface area contributed by atoms with Gasteiger partial charge in [-0.2, -0.15) is 0 Å². The van der Waals surface area contributed by atoms with Crippen LogP contribution in [0.3, 0.4) is 0 Å². The highest BCUT2D eigenvalue weighted by Gasteiger charge is 2.02. The molecule has 0 saturated carbocycles. The molecule has 1 heterocycles. The first-order chi connectivity index (χ1) is 9.74. The lowest BCUT2D eigenvalue weighted by atomic mass is 10.1. The number of hydrogen-bond acceptors (Lipinski definition) is 2. The van der Waals surface area contributed by atoms with E-state index in [4.69, 9.17) is 0 Å². The summed E-state index contributed by atoms with van der Waals surface area (Å²) in [5, 5.41) is 4.37. The van der Waals surface area contributed by atoms with Crippen LogP contribution in [0.15, 0.2) is 54.7 Å². The molecule has 3 aromatic rings. The smallest absolute Gasteiger partial charge is 0.128 e. The quantitative estimate of drug-likeness (QED) is 0.764. The highest BCUT2D eigenvalue weighted by molar-refractivity contribution is 5.82. The Labute approximate surface area is 117 Å². The van der Waals surface area contributed by atoms with E-state index >= 15 is 0 Å². The largest absolute Gasteiger partial charge is 0.381 e. The lowest BCUT2D eigenvalue weighted by Crippen LogP contribution is -2.01. The number of halogens is 1. The van der Waals surface area contributed by atoms with Gasteiger partial charge in [0.2, 0.25) is 0 Å². The van der Waals surface area contributed by atoms with E-state index in [2.05, 4.69) is 16.4 Å². The van der Waals surface area contributed by atoms with Crippen LogP contribution in [0.25, 0.3) is 10.9 Å². The highest BCUT2D eigenvalue weighted by Crippen LogP contribution is 2.19. The number of anilines is 1. The Bertz CT molecular complexity index is 748. The molecule has 0 bridgehead atoms. The predicted octanol–water partition coefficient (Wildman–Crippen LogP) is 4.29. The second-order valence-corrected chi connectivity index (χ2v) is 4.80. The molecule has 3 heteroatoms. The maximum absolute atomic E-state index is 13.5. The summed E-state index contributed by atoms with van der Waals surface area (Å²) in [5.41, 5.74) is 3.57. The standard InChI is InChI=1S/C17H15FN2/c1-12-6-7-14(10-16(12)18)20-11-13-8-9-19-17-5-3-2-4-15(13)17/h2-10,20H,11H2,1H3. The molecular weight excluding hydrogens is 251 g/mol. The van der Waals surface area contributed by atoms with E-state index in [1.54, 1.807) is 19.2 Å². The van der Waals surface area contributed by atoms with Crippen molar-refractivity contribution in [3.05, 3.63) is 71.7 Å². The molecular formula is C17H15FN2. The van der Waals surface area contributed by atoms with Crippen LogP contribution >= 0.6 is 0 Å². The number of benzene rings is 2. The average molecular weight is 266 g/mol. The van der Waals surface area contributed by atoms with Crippen LogP contribution in [0.1, 0.15) is 11.1 Å². The van der Waals surface area contributed by atoms with E-state index in [-0.39, 0.29) is 5.82 Å². The van der Waals surface area contributed by atoms with Crippen LogP contribution < -0.4 is 5.32 Å². The van der Waals surface area contributed by atoms with Crippen LogP contribution in [0, 0.1) is 12.7 Å². The summed E-state index contributed by atoms with van der Waals surface area (Å²) in [4.78, 5) is 4.33. The van der Waals surface area contributed by atoms with E-state index < -0.39 is 0 Å². The minimum absolute atomic E-state index is 0.186. The second-order valence-electron chi connectivity index (χ2n) is 4.80. The third kappa shape index (κ3) is 2.48. The first-order valence-electron chi connectivity index (χ1n) is 6.57. The van der Waals surface area contributed by atoms with Crippen LogP contribution in [-0.2, 0) is 6.54 Å². The van der Waals surface area contributed by atoms with Gasteiger partial charge in [-0.1, -0.05) is 24.3 Å². The van der Waals surface area contributed by atoms with E-state index in [0.717, 1.165) is 22.2 Å². The summed E-state index contributed by atoms with van der Waals surface area (Å²) >= 11 is 0. The molecule has 1 N–H and O–H groups in total. The number of para-hydroxylation sites is 1. The lowest BCUT2D eigenvalue weighted by molar-refractivity contribution is 0.619. The summed E-state index contributed by atoms with van der Waals surface area (Å²) in [7, 11) is 0. The summed E-state index contributed by atoms with van der Waals surface area (Å²) in [6.07, 6.45) is 1.80. The maximum atomic E-state index is 13.5. The molecule has 0 radical (unpaired) electrons. The zero-order valence-corrected chi connectivity index (χ0v) is 11.2. The van der Waals surface area contributed by atoms with Gasteiger partial charge in [-0.15, -0.1) is 0 Å². The third-order valence-electron chi connectivity index (χ3n) is 3.39. The van der Waals surface area contributed by atoms with Gasteiger partial charge in [0.25, 0.3) is 0 Å². The van der Waals surface area contributed by atoms with Crippen LogP contribution in [0.4, 0.5) is 10.1 Å². The summed E-state index contributed by atoms with van der Waals surface area (Å²) < 4.78 is 13.5. The topological polar surface area (TPSA) is 24.9 Å². The minimum atomic E-state index is -0.186. The maximum Gasteiger partial charge on any atom is 0.128 e. The Balaban J connectivity index is 1.85. The van der Waals surface area contributed by atoms with Gasteiger partial charge < -0.3 is 5.32 Å². The van der Waals surface area contributed by atoms with Crippen molar-refractivity contribution in [1.29, 1.82) is 0 Å². The fourth-order valence-corrected chi connectivity index (χ4v) is 2.21. The second kappa shape index (κ2) is 5.29.